The number of aliphatic hydroxyl groups excluding tert-OH is 1. The van der Waals surface area contributed by atoms with Crippen molar-refractivity contribution in [2.75, 3.05) is 17.7 Å². The van der Waals surface area contributed by atoms with Crippen LogP contribution in [0.3, 0.4) is 0 Å². The summed E-state index contributed by atoms with van der Waals surface area (Å²) in [6, 6.07) is 5.97. The Kier molecular flexibility index (Phi) is 6.05. The number of aromatic nitrogens is 2. The number of benzene rings is 1. The van der Waals surface area contributed by atoms with E-state index in [4.69, 9.17) is 0 Å². The van der Waals surface area contributed by atoms with E-state index in [0.717, 1.165) is 36.9 Å². The summed E-state index contributed by atoms with van der Waals surface area (Å²) < 4.78 is 15.1. The van der Waals surface area contributed by atoms with Crippen molar-refractivity contribution >= 4 is 23.4 Å². The zero-order valence-corrected chi connectivity index (χ0v) is 15.0. The summed E-state index contributed by atoms with van der Waals surface area (Å²) in [7, 11) is 0. The Morgan fingerprint density at radius 1 is 1.31 bits per heavy atom. The van der Waals surface area contributed by atoms with Crippen molar-refractivity contribution in [1.82, 2.24) is 9.55 Å². The van der Waals surface area contributed by atoms with Gasteiger partial charge in [0, 0.05) is 11.3 Å². The van der Waals surface area contributed by atoms with Crippen LogP contribution in [0.5, 0.6) is 0 Å². The molecule has 1 aliphatic rings. The van der Waals surface area contributed by atoms with E-state index in [1.807, 2.05) is 0 Å². The lowest BCUT2D eigenvalue weighted by Crippen LogP contribution is -2.31. The molecular formula is C18H20FN3O3S. The molecule has 1 aliphatic carbocycles. The standard InChI is InChI=1S/C18H20FN3O3S/c19-13-6-2-3-7-14(13)20-16(24)11-26-17-12-5-1-4-8-15(12)22(9-10-23)18(25)21-17/h2-3,6-7,23H,1,4-5,8-11H2,(H,20,24). The second kappa shape index (κ2) is 8.46. The SMILES string of the molecule is O=C(CSc1nc(=O)n(CCO)c2c1CCCC2)Nc1ccccc1F. The fourth-order valence-corrected chi connectivity index (χ4v) is 3.96. The minimum Gasteiger partial charge on any atom is -0.395 e. The van der Waals surface area contributed by atoms with Crippen LogP contribution in [0.4, 0.5) is 10.1 Å². The molecule has 3 rings (SSSR count). The molecule has 26 heavy (non-hydrogen) atoms. The lowest BCUT2D eigenvalue weighted by atomic mass is 9.97. The third kappa shape index (κ3) is 4.13. The number of aliphatic hydroxyl groups is 1. The zero-order valence-electron chi connectivity index (χ0n) is 14.2. The molecule has 1 aromatic heterocycles. The molecule has 138 valence electrons. The van der Waals surface area contributed by atoms with Gasteiger partial charge in [0.1, 0.15) is 10.8 Å². The summed E-state index contributed by atoms with van der Waals surface area (Å²) in [4.78, 5) is 28.5. The quantitative estimate of drug-likeness (QED) is 0.594. The molecule has 6 nitrogen and oxygen atoms in total. The Hall–Kier alpha value is -2.19. The molecular weight excluding hydrogens is 357 g/mol. The Bertz CT molecular complexity index is 869. The van der Waals surface area contributed by atoms with Gasteiger partial charge in [-0.25, -0.2) is 9.18 Å². The number of thioether (sulfide) groups is 1. The normalized spacial score (nSPS) is 13.3. The zero-order chi connectivity index (χ0) is 18.5. The highest BCUT2D eigenvalue weighted by Gasteiger charge is 2.21. The van der Waals surface area contributed by atoms with Crippen LogP contribution < -0.4 is 11.0 Å². The highest BCUT2D eigenvalue weighted by Crippen LogP contribution is 2.28. The first-order valence-electron chi connectivity index (χ1n) is 8.50. The number of rotatable bonds is 6. The number of carbonyl (C=O) groups excluding carboxylic acids is 1. The molecule has 0 spiro atoms. The Balaban J connectivity index is 1.76. The fourth-order valence-electron chi connectivity index (χ4n) is 3.08. The van der Waals surface area contributed by atoms with Gasteiger partial charge in [0.15, 0.2) is 0 Å². The third-order valence-corrected chi connectivity index (χ3v) is 5.28. The van der Waals surface area contributed by atoms with Crippen LogP contribution >= 0.6 is 11.8 Å². The Labute approximate surface area is 154 Å². The number of nitrogens with zero attached hydrogens (tertiary/aromatic N) is 2. The van der Waals surface area contributed by atoms with E-state index in [0.29, 0.717) is 5.03 Å². The molecule has 0 aliphatic heterocycles. The minimum absolute atomic E-state index is 0.0389. The van der Waals surface area contributed by atoms with Crippen molar-refractivity contribution in [3.05, 3.63) is 51.8 Å². The number of anilines is 1. The number of hydrogen-bond acceptors (Lipinski definition) is 5. The number of halogens is 1. The molecule has 0 fully saturated rings. The molecule has 1 aromatic carbocycles. The summed E-state index contributed by atoms with van der Waals surface area (Å²) in [5.41, 5.74) is 1.61. The molecule has 0 radical (unpaired) electrons. The van der Waals surface area contributed by atoms with E-state index >= 15 is 0 Å². The molecule has 8 heteroatoms. The van der Waals surface area contributed by atoms with Crippen LogP contribution in [0.25, 0.3) is 0 Å². The highest BCUT2D eigenvalue weighted by molar-refractivity contribution is 8.00. The van der Waals surface area contributed by atoms with Gasteiger partial charge >= 0.3 is 5.69 Å². The van der Waals surface area contributed by atoms with Crippen LogP contribution in [0.15, 0.2) is 34.1 Å². The van der Waals surface area contributed by atoms with Crippen LogP contribution in [0.1, 0.15) is 24.1 Å². The molecule has 0 saturated carbocycles. The van der Waals surface area contributed by atoms with Gasteiger partial charge in [0.25, 0.3) is 0 Å². The molecule has 0 atom stereocenters. The maximum atomic E-state index is 13.6. The van der Waals surface area contributed by atoms with Crippen LogP contribution in [-0.2, 0) is 24.2 Å². The Morgan fingerprint density at radius 3 is 2.85 bits per heavy atom. The number of nitrogens with one attached hydrogen (secondary N) is 1. The maximum absolute atomic E-state index is 13.6. The van der Waals surface area contributed by atoms with E-state index in [-0.39, 0.29) is 30.5 Å². The summed E-state index contributed by atoms with van der Waals surface area (Å²) in [6.07, 6.45) is 3.55. The van der Waals surface area contributed by atoms with Crippen molar-refractivity contribution in [3.63, 3.8) is 0 Å². The molecule has 1 amide bonds. The molecule has 0 bridgehead atoms. The monoisotopic (exact) mass is 377 g/mol. The van der Waals surface area contributed by atoms with Crippen molar-refractivity contribution in [1.29, 1.82) is 0 Å². The van der Waals surface area contributed by atoms with E-state index < -0.39 is 11.5 Å². The highest BCUT2D eigenvalue weighted by atomic mass is 32.2. The van der Waals surface area contributed by atoms with E-state index in [9.17, 15) is 19.1 Å². The average molecular weight is 377 g/mol. The summed E-state index contributed by atoms with van der Waals surface area (Å²) in [5, 5.41) is 12.3. The minimum atomic E-state index is -0.493. The van der Waals surface area contributed by atoms with Gasteiger partial charge in [-0.2, -0.15) is 4.98 Å². The lowest BCUT2D eigenvalue weighted by molar-refractivity contribution is -0.113. The largest absolute Gasteiger partial charge is 0.395 e. The van der Waals surface area contributed by atoms with Crippen molar-refractivity contribution in [2.45, 2.75) is 37.3 Å². The fraction of sp³-hybridized carbons (Fsp3) is 0.389. The van der Waals surface area contributed by atoms with Crippen molar-refractivity contribution < 1.29 is 14.3 Å². The first-order chi connectivity index (χ1) is 12.6. The predicted octanol–water partition coefficient (Wildman–Crippen LogP) is 1.98. The molecule has 0 unspecified atom stereocenters. The van der Waals surface area contributed by atoms with Gasteiger partial charge in [-0.15, -0.1) is 0 Å². The summed E-state index contributed by atoms with van der Waals surface area (Å²) in [5.74, 6) is -0.809. The van der Waals surface area contributed by atoms with Crippen LogP contribution in [0.2, 0.25) is 0 Å². The van der Waals surface area contributed by atoms with Crippen LogP contribution in [0, 0.1) is 5.82 Å². The van der Waals surface area contributed by atoms with Crippen LogP contribution in [-0.4, -0.2) is 32.9 Å². The number of carbonyl (C=O) groups is 1. The smallest absolute Gasteiger partial charge is 0.348 e. The summed E-state index contributed by atoms with van der Waals surface area (Å²) in [6.45, 7) is 0.110. The number of amides is 1. The topological polar surface area (TPSA) is 84.2 Å². The first kappa shape index (κ1) is 18.6. The Morgan fingerprint density at radius 2 is 2.08 bits per heavy atom. The molecule has 1 heterocycles. The van der Waals surface area contributed by atoms with E-state index in [1.165, 1.54) is 28.5 Å². The van der Waals surface area contributed by atoms with Crippen molar-refractivity contribution in [3.8, 4) is 0 Å². The van der Waals surface area contributed by atoms with E-state index in [1.54, 1.807) is 12.1 Å². The van der Waals surface area contributed by atoms with E-state index in [2.05, 4.69) is 10.3 Å². The first-order valence-corrected chi connectivity index (χ1v) is 9.49. The predicted molar refractivity (Wildman–Crippen MR) is 98.0 cm³/mol. The number of hydrogen-bond donors (Lipinski definition) is 2. The van der Waals surface area contributed by atoms with Gasteiger partial charge in [-0.1, -0.05) is 23.9 Å². The second-order valence-corrected chi connectivity index (χ2v) is 6.99. The lowest BCUT2D eigenvalue weighted by Gasteiger charge is -2.22. The number of para-hydroxylation sites is 1. The molecule has 0 saturated heterocycles. The van der Waals surface area contributed by atoms with Gasteiger partial charge < -0.3 is 10.4 Å². The maximum Gasteiger partial charge on any atom is 0.348 e. The third-order valence-electron chi connectivity index (χ3n) is 4.26. The summed E-state index contributed by atoms with van der Waals surface area (Å²) >= 11 is 1.19. The number of fused-ring (bicyclic) bond motifs is 1. The van der Waals surface area contributed by atoms with Crippen molar-refractivity contribution in [2.24, 2.45) is 0 Å². The van der Waals surface area contributed by atoms with Gasteiger partial charge in [-0.05, 0) is 37.8 Å². The molecule has 2 N–H and O–H groups in total. The molecule has 2 aromatic rings. The van der Waals surface area contributed by atoms with Gasteiger partial charge in [-0.3, -0.25) is 9.36 Å². The van der Waals surface area contributed by atoms with Gasteiger partial charge in [0.05, 0.1) is 24.6 Å². The second-order valence-electron chi connectivity index (χ2n) is 6.02. The van der Waals surface area contributed by atoms with Gasteiger partial charge in [0.2, 0.25) is 5.91 Å². The average Bonchev–Trinajstić information content (AvgIpc) is 2.64.